The maximum atomic E-state index is 13.5. The van der Waals surface area contributed by atoms with Gasteiger partial charge in [-0.15, -0.1) is 0 Å². The predicted molar refractivity (Wildman–Crippen MR) is 79.6 cm³/mol. The number of halogens is 2. The molecular weight excluding hydrogens is 298 g/mol. The topological polar surface area (TPSA) is 61.4 Å². The minimum Gasteiger partial charge on any atom is -0.478 e. The summed E-state index contributed by atoms with van der Waals surface area (Å²) in [5, 5.41) is 14.2. The van der Waals surface area contributed by atoms with E-state index in [4.69, 9.17) is 17.3 Å². The maximum absolute atomic E-state index is 13.5. The lowest BCUT2D eigenvalue weighted by Crippen LogP contribution is -2.20. The molecule has 21 heavy (non-hydrogen) atoms. The Morgan fingerprint density at radius 1 is 1.10 bits per heavy atom. The molecule has 0 aromatic heterocycles. The first-order valence-electron chi connectivity index (χ1n) is 5.82. The minimum absolute atomic E-state index is 0.0169. The lowest BCUT2D eigenvalue weighted by molar-refractivity contribution is 0.0697. The average molecular weight is 308 g/mol. The molecule has 2 aromatic rings. The number of benzene rings is 2. The first-order valence-corrected chi connectivity index (χ1v) is 6.23. The Hall–Kier alpha value is -2.54. The lowest BCUT2D eigenvalue weighted by Gasteiger charge is -2.11. The van der Waals surface area contributed by atoms with Crippen molar-refractivity contribution in [2.45, 2.75) is 0 Å². The van der Waals surface area contributed by atoms with Gasteiger partial charge in [0.15, 0.2) is 5.11 Å². The van der Waals surface area contributed by atoms with Crippen molar-refractivity contribution in [3.63, 3.8) is 0 Å². The molecule has 0 radical (unpaired) electrons. The van der Waals surface area contributed by atoms with Crippen molar-refractivity contribution in [2.75, 3.05) is 10.6 Å². The number of aromatic carboxylic acids is 1. The zero-order valence-corrected chi connectivity index (χ0v) is 11.4. The van der Waals surface area contributed by atoms with Crippen LogP contribution in [0.1, 0.15) is 10.4 Å². The van der Waals surface area contributed by atoms with E-state index in [1.165, 1.54) is 18.2 Å². The highest BCUT2D eigenvalue weighted by molar-refractivity contribution is 7.80. The third-order valence-electron chi connectivity index (χ3n) is 2.55. The summed E-state index contributed by atoms with van der Waals surface area (Å²) in [6, 6.07) is 9.02. The first kappa shape index (κ1) is 14.9. The number of carboxylic acid groups (broad SMARTS) is 1. The minimum atomic E-state index is -1.07. The second-order valence-corrected chi connectivity index (χ2v) is 4.50. The molecule has 0 saturated heterocycles. The second-order valence-electron chi connectivity index (χ2n) is 4.09. The highest BCUT2D eigenvalue weighted by Gasteiger charge is 2.07. The standard InChI is InChI=1S/C14H10F2N2O2S/c15-9-4-5-12(11(16)7-9)18-14(21)17-10-3-1-2-8(6-10)13(19)20/h1-7H,(H,19,20)(H2,17,18,21). The number of hydrogen-bond donors (Lipinski definition) is 3. The number of carboxylic acids is 1. The van der Waals surface area contributed by atoms with E-state index in [2.05, 4.69) is 10.6 Å². The summed E-state index contributed by atoms with van der Waals surface area (Å²) in [5.74, 6) is -2.54. The third-order valence-corrected chi connectivity index (χ3v) is 2.75. The summed E-state index contributed by atoms with van der Waals surface area (Å²) in [6.07, 6.45) is 0. The number of hydrogen-bond acceptors (Lipinski definition) is 2. The van der Waals surface area contributed by atoms with Crippen molar-refractivity contribution in [1.29, 1.82) is 0 Å². The first-order chi connectivity index (χ1) is 9.95. The van der Waals surface area contributed by atoms with Gasteiger partial charge in [0.25, 0.3) is 0 Å². The van der Waals surface area contributed by atoms with Gasteiger partial charge in [0, 0.05) is 11.8 Å². The fourth-order valence-electron chi connectivity index (χ4n) is 1.61. The van der Waals surface area contributed by atoms with Crippen LogP contribution in [0, 0.1) is 11.6 Å². The molecule has 108 valence electrons. The van der Waals surface area contributed by atoms with Crippen LogP contribution >= 0.6 is 12.2 Å². The summed E-state index contributed by atoms with van der Waals surface area (Å²) >= 11 is 4.99. The van der Waals surface area contributed by atoms with Gasteiger partial charge in [0.2, 0.25) is 0 Å². The normalized spacial score (nSPS) is 10.0. The molecule has 2 rings (SSSR count). The number of anilines is 2. The molecule has 0 heterocycles. The summed E-state index contributed by atoms with van der Waals surface area (Å²) in [5.41, 5.74) is 0.550. The van der Waals surface area contributed by atoms with E-state index in [9.17, 15) is 13.6 Å². The van der Waals surface area contributed by atoms with Gasteiger partial charge >= 0.3 is 5.97 Å². The van der Waals surface area contributed by atoms with Crippen LogP contribution in [-0.2, 0) is 0 Å². The summed E-state index contributed by atoms with van der Waals surface area (Å²) in [7, 11) is 0. The highest BCUT2D eigenvalue weighted by atomic mass is 32.1. The van der Waals surface area contributed by atoms with Crippen LogP contribution in [0.15, 0.2) is 42.5 Å². The van der Waals surface area contributed by atoms with Crippen molar-refractivity contribution in [1.82, 2.24) is 0 Å². The number of rotatable bonds is 3. The second kappa shape index (κ2) is 6.27. The molecule has 0 aliphatic carbocycles. The van der Waals surface area contributed by atoms with E-state index in [0.717, 1.165) is 12.1 Å². The van der Waals surface area contributed by atoms with Crippen LogP contribution in [0.5, 0.6) is 0 Å². The highest BCUT2D eigenvalue weighted by Crippen LogP contribution is 2.16. The molecule has 0 saturated carbocycles. The molecule has 2 aromatic carbocycles. The van der Waals surface area contributed by atoms with Gasteiger partial charge in [-0.05, 0) is 42.5 Å². The summed E-state index contributed by atoms with van der Waals surface area (Å²) in [6.45, 7) is 0. The molecule has 0 unspecified atom stereocenters. The van der Waals surface area contributed by atoms with Crippen LogP contribution in [0.3, 0.4) is 0 Å². The predicted octanol–water partition coefficient (Wildman–Crippen LogP) is 3.47. The van der Waals surface area contributed by atoms with Crippen molar-refractivity contribution < 1.29 is 18.7 Å². The Labute approximate surface area is 124 Å². The summed E-state index contributed by atoms with van der Waals surface area (Å²) in [4.78, 5) is 10.8. The Bertz CT molecular complexity index is 707. The van der Waals surface area contributed by atoms with Crippen LogP contribution in [0.25, 0.3) is 0 Å². The van der Waals surface area contributed by atoms with Gasteiger partial charge in [-0.1, -0.05) is 6.07 Å². The van der Waals surface area contributed by atoms with Crippen LogP contribution < -0.4 is 10.6 Å². The number of carbonyl (C=O) groups is 1. The fourth-order valence-corrected chi connectivity index (χ4v) is 1.83. The number of thiocarbonyl (C=S) groups is 1. The van der Waals surface area contributed by atoms with Crippen LogP contribution in [-0.4, -0.2) is 16.2 Å². The van der Waals surface area contributed by atoms with Crippen molar-refractivity contribution in [2.24, 2.45) is 0 Å². The molecular formula is C14H10F2N2O2S. The monoisotopic (exact) mass is 308 g/mol. The zero-order chi connectivity index (χ0) is 15.4. The van der Waals surface area contributed by atoms with E-state index in [1.54, 1.807) is 12.1 Å². The molecule has 0 aliphatic rings. The van der Waals surface area contributed by atoms with Gasteiger partial charge in [0.05, 0.1) is 11.3 Å². The van der Waals surface area contributed by atoms with Gasteiger partial charge in [-0.3, -0.25) is 0 Å². The van der Waals surface area contributed by atoms with E-state index in [0.29, 0.717) is 5.69 Å². The molecule has 3 N–H and O–H groups in total. The van der Waals surface area contributed by atoms with Gasteiger partial charge in [-0.2, -0.15) is 0 Å². The fraction of sp³-hybridized carbons (Fsp3) is 0. The quantitative estimate of drug-likeness (QED) is 0.758. The third kappa shape index (κ3) is 3.96. The smallest absolute Gasteiger partial charge is 0.335 e. The zero-order valence-electron chi connectivity index (χ0n) is 10.6. The van der Waals surface area contributed by atoms with Crippen LogP contribution in [0.4, 0.5) is 20.2 Å². The van der Waals surface area contributed by atoms with E-state index in [1.807, 2.05) is 0 Å². The average Bonchev–Trinajstić information content (AvgIpc) is 2.42. The largest absolute Gasteiger partial charge is 0.478 e. The molecule has 0 bridgehead atoms. The molecule has 4 nitrogen and oxygen atoms in total. The van der Waals surface area contributed by atoms with E-state index in [-0.39, 0.29) is 16.4 Å². The molecule has 0 atom stereocenters. The lowest BCUT2D eigenvalue weighted by atomic mass is 10.2. The summed E-state index contributed by atoms with van der Waals surface area (Å²) < 4.78 is 26.2. The Balaban J connectivity index is 2.08. The molecule has 0 aliphatic heterocycles. The Morgan fingerprint density at radius 3 is 2.52 bits per heavy atom. The Morgan fingerprint density at radius 2 is 1.86 bits per heavy atom. The van der Waals surface area contributed by atoms with Gasteiger partial charge in [0.1, 0.15) is 11.6 Å². The molecule has 7 heteroatoms. The van der Waals surface area contributed by atoms with E-state index >= 15 is 0 Å². The van der Waals surface area contributed by atoms with Gasteiger partial charge < -0.3 is 15.7 Å². The van der Waals surface area contributed by atoms with Crippen LogP contribution in [0.2, 0.25) is 0 Å². The molecule has 0 amide bonds. The van der Waals surface area contributed by atoms with Crippen molar-refractivity contribution in [3.05, 3.63) is 59.7 Å². The van der Waals surface area contributed by atoms with Gasteiger partial charge in [-0.25, -0.2) is 13.6 Å². The molecule has 0 spiro atoms. The van der Waals surface area contributed by atoms with Crippen molar-refractivity contribution in [3.8, 4) is 0 Å². The Kier molecular flexibility index (Phi) is 4.44. The SMILES string of the molecule is O=C(O)c1cccc(NC(=S)Nc2ccc(F)cc2F)c1. The number of nitrogens with one attached hydrogen (secondary N) is 2. The van der Waals surface area contributed by atoms with Crippen molar-refractivity contribution >= 4 is 34.7 Å². The maximum Gasteiger partial charge on any atom is 0.335 e. The molecule has 0 fully saturated rings. The van der Waals surface area contributed by atoms with E-state index < -0.39 is 17.6 Å².